The van der Waals surface area contributed by atoms with Crippen molar-refractivity contribution in [2.24, 2.45) is 5.73 Å². The lowest BCUT2D eigenvalue weighted by Crippen LogP contribution is -2.25. The number of carboxylic acid groups (broad SMARTS) is 1. The van der Waals surface area contributed by atoms with Gasteiger partial charge in [0.2, 0.25) is 0 Å². The summed E-state index contributed by atoms with van der Waals surface area (Å²) in [4.78, 5) is 10.7. The molecule has 0 aliphatic carbocycles. The lowest BCUT2D eigenvalue weighted by Gasteiger charge is -2.19. The highest BCUT2D eigenvalue weighted by Gasteiger charge is 2.32. The fourth-order valence-electron chi connectivity index (χ4n) is 2.23. The summed E-state index contributed by atoms with van der Waals surface area (Å²) in [6, 6.07) is 5.23. The highest BCUT2D eigenvalue weighted by atomic mass is 16.5. The first-order valence-corrected chi connectivity index (χ1v) is 5.67. The van der Waals surface area contributed by atoms with Crippen LogP contribution in [-0.4, -0.2) is 16.7 Å². The van der Waals surface area contributed by atoms with Gasteiger partial charge in [-0.25, -0.2) is 0 Å². The van der Waals surface area contributed by atoms with Crippen LogP contribution in [0.2, 0.25) is 0 Å². The van der Waals surface area contributed by atoms with Crippen LogP contribution in [0.15, 0.2) is 18.2 Å². The first-order valence-electron chi connectivity index (χ1n) is 5.67. The third kappa shape index (κ3) is 2.42. The van der Waals surface area contributed by atoms with E-state index in [0.29, 0.717) is 0 Å². The predicted octanol–water partition coefficient (Wildman–Crippen LogP) is 1.87. The molecule has 0 spiro atoms. The van der Waals surface area contributed by atoms with Gasteiger partial charge < -0.3 is 15.6 Å². The van der Waals surface area contributed by atoms with Crippen molar-refractivity contribution < 1.29 is 14.6 Å². The molecule has 0 amide bonds. The standard InChI is InChI=1S/C13H17NO3/c1-13(2)7-8-4-3-5-9(12(8)17-13)10(14)6-11(15)16/h3-5,10H,6-7,14H2,1-2H3,(H,15,16). The SMILES string of the molecule is CC1(C)Cc2cccc(C(N)CC(=O)O)c2O1. The molecule has 4 heteroatoms. The monoisotopic (exact) mass is 235 g/mol. The number of para-hydroxylation sites is 1. The zero-order valence-electron chi connectivity index (χ0n) is 10.1. The molecule has 4 nitrogen and oxygen atoms in total. The Morgan fingerprint density at radius 2 is 2.29 bits per heavy atom. The Balaban J connectivity index is 2.32. The van der Waals surface area contributed by atoms with E-state index in [-0.39, 0.29) is 12.0 Å². The van der Waals surface area contributed by atoms with Crippen molar-refractivity contribution in [2.45, 2.75) is 38.3 Å². The third-order valence-corrected chi connectivity index (χ3v) is 2.92. The van der Waals surface area contributed by atoms with Gasteiger partial charge in [0, 0.05) is 18.0 Å². The van der Waals surface area contributed by atoms with Gasteiger partial charge in [0.25, 0.3) is 0 Å². The summed E-state index contributed by atoms with van der Waals surface area (Å²) in [5, 5.41) is 8.78. The number of ether oxygens (including phenoxy) is 1. The van der Waals surface area contributed by atoms with Gasteiger partial charge in [-0.1, -0.05) is 18.2 Å². The third-order valence-electron chi connectivity index (χ3n) is 2.92. The number of aliphatic carboxylic acids is 1. The lowest BCUT2D eigenvalue weighted by atomic mass is 9.97. The van der Waals surface area contributed by atoms with E-state index in [9.17, 15) is 4.79 Å². The maximum atomic E-state index is 10.7. The Morgan fingerprint density at radius 3 is 2.94 bits per heavy atom. The molecule has 92 valence electrons. The van der Waals surface area contributed by atoms with Crippen molar-refractivity contribution in [1.29, 1.82) is 0 Å². The molecule has 17 heavy (non-hydrogen) atoms. The van der Waals surface area contributed by atoms with E-state index >= 15 is 0 Å². The molecule has 1 aromatic rings. The van der Waals surface area contributed by atoms with E-state index in [4.69, 9.17) is 15.6 Å². The first kappa shape index (κ1) is 11.9. The molecule has 1 heterocycles. The second-order valence-corrected chi connectivity index (χ2v) is 5.08. The number of hydrogen-bond donors (Lipinski definition) is 2. The maximum absolute atomic E-state index is 10.7. The Kier molecular flexibility index (Phi) is 2.83. The van der Waals surface area contributed by atoms with Crippen LogP contribution in [0.5, 0.6) is 5.75 Å². The first-order chi connectivity index (χ1) is 7.89. The van der Waals surface area contributed by atoms with E-state index < -0.39 is 12.0 Å². The molecule has 0 bridgehead atoms. The number of carboxylic acids is 1. The van der Waals surface area contributed by atoms with Gasteiger partial charge in [-0.05, 0) is 19.4 Å². The topological polar surface area (TPSA) is 72.6 Å². The Morgan fingerprint density at radius 1 is 1.59 bits per heavy atom. The van der Waals surface area contributed by atoms with E-state index in [1.54, 1.807) is 0 Å². The van der Waals surface area contributed by atoms with Crippen LogP contribution in [0.4, 0.5) is 0 Å². The van der Waals surface area contributed by atoms with Gasteiger partial charge in [-0.2, -0.15) is 0 Å². The van der Waals surface area contributed by atoms with Crippen LogP contribution in [0.3, 0.4) is 0 Å². The van der Waals surface area contributed by atoms with Gasteiger partial charge >= 0.3 is 5.97 Å². The molecule has 1 aliphatic heterocycles. The summed E-state index contributed by atoms with van der Waals surface area (Å²) in [6.45, 7) is 4.03. The molecule has 0 saturated heterocycles. The van der Waals surface area contributed by atoms with Crippen LogP contribution in [0.25, 0.3) is 0 Å². The Bertz CT molecular complexity index is 454. The minimum atomic E-state index is -0.896. The molecule has 1 atom stereocenters. The number of nitrogens with two attached hydrogens (primary N) is 1. The number of fused-ring (bicyclic) bond motifs is 1. The summed E-state index contributed by atoms with van der Waals surface area (Å²) in [7, 11) is 0. The van der Waals surface area contributed by atoms with E-state index in [1.807, 2.05) is 32.0 Å². The average molecular weight is 235 g/mol. The average Bonchev–Trinajstić information content (AvgIpc) is 2.49. The summed E-state index contributed by atoms with van der Waals surface area (Å²) >= 11 is 0. The molecule has 0 radical (unpaired) electrons. The fourth-order valence-corrected chi connectivity index (χ4v) is 2.23. The molecule has 0 saturated carbocycles. The highest BCUT2D eigenvalue weighted by Crippen LogP contribution is 2.39. The van der Waals surface area contributed by atoms with Gasteiger partial charge in [-0.15, -0.1) is 0 Å². The minimum Gasteiger partial charge on any atom is -0.487 e. The number of rotatable bonds is 3. The van der Waals surface area contributed by atoms with Crippen molar-refractivity contribution >= 4 is 5.97 Å². The van der Waals surface area contributed by atoms with E-state index in [0.717, 1.165) is 23.3 Å². The summed E-state index contributed by atoms with van der Waals surface area (Å²) in [6.07, 6.45) is 0.746. The van der Waals surface area contributed by atoms with Gasteiger partial charge in [-0.3, -0.25) is 4.79 Å². The van der Waals surface area contributed by atoms with Crippen molar-refractivity contribution in [3.05, 3.63) is 29.3 Å². The van der Waals surface area contributed by atoms with Crippen LogP contribution in [0, 0.1) is 0 Å². The number of hydrogen-bond acceptors (Lipinski definition) is 3. The molecule has 0 aromatic heterocycles. The molecule has 2 rings (SSSR count). The maximum Gasteiger partial charge on any atom is 0.305 e. The van der Waals surface area contributed by atoms with Crippen molar-refractivity contribution in [2.75, 3.05) is 0 Å². The number of benzene rings is 1. The van der Waals surface area contributed by atoms with Crippen LogP contribution in [-0.2, 0) is 11.2 Å². The largest absolute Gasteiger partial charge is 0.487 e. The summed E-state index contributed by atoms with van der Waals surface area (Å²) < 4.78 is 5.86. The Hall–Kier alpha value is -1.55. The van der Waals surface area contributed by atoms with E-state index in [2.05, 4.69) is 0 Å². The second kappa shape index (κ2) is 4.04. The molecule has 3 N–H and O–H groups in total. The minimum absolute atomic E-state index is 0.0831. The summed E-state index contributed by atoms with van der Waals surface area (Å²) in [5.41, 5.74) is 7.55. The van der Waals surface area contributed by atoms with Crippen LogP contribution >= 0.6 is 0 Å². The predicted molar refractivity (Wildman–Crippen MR) is 64.0 cm³/mol. The second-order valence-electron chi connectivity index (χ2n) is 5.08. The van der Waals surface area contributed by atoms with E-state index in [1.165, 1.54) is 0 Å². The normalized spacial score (nSPS) is 18.3. The van der Waals surface area contributed by atoms with Gasteiger partial charge in [0.1, 0.15) is 11.4 Å². The van der Waals surface area contributed by atoms with Gasteiger partial charge in [0.15, 0.2) is 0 Å². The van der Waals surface area contributed by atoms with Crippen molar-refractivity contribution in [3.8, 4) is 5.75 Å². The van der Waals surface area contributed by atoms with Crippen molar-refractivity contribution in [1.82, 2.24) is 0 Å². The molecular formula is C13H17NO3. The molecule has 1 unspecified atom stereocenters. The van der Waals surface area contributed by atoms with Crippen LogP contribution < -0.4 is 10.5 Å². The van der Waals surface area contributed by atoms with Gasteiger partial charge in [0.05, 0.1) is 6.42 Å². The molecule has 0 fully saturated rings. The Labute approximate surface area is 100 Å². The molecule has 1 aromatic carbocycles. The highest BCUT2D eigenvalue weighted by molar-refractivity contribution is 5.68. The fraction of sp³-hybridized carbons (Fsp3) is 0.462. The van der Waals surface area contributed by atoms with Crippen molar-refractivity contribution in [3.63, 3.8) is 0 Å². The smallest absolute Gasteiger partial charge is 0.305 e. The lowest BCUT2D eigenvalue weighted by molar-refractivity contribution is -0.137. The molecular weight excluding hydrogens is 218 g/mol. The number of carbonyl (C=O) groups is 1. The van der Waals surface area contributed by atoms with Crippen LogP contribution in [0.1, 0.15) is 37.4 Å². The molecule has 1 aliphatic rings. The zero-order valence-corrected chi connectivity index (χ0v) is 10.1. The quantitative estimate of drug-likeness (QED) is 0.839. The zero-order chi connectivity index (χ0) is 12.6. The summed E-state index contributed by atoms with van der Waals surface area (Å²) in [5.74, 6) is -0.126.